The van der Waals surface area contributed by atoms with Crippen LogP contribution in [0.3, 0.4) is 0 Å². The molecule has 8 heteroatoms. The van der Waals surface area contributed by atoms with Crippen molar-refractivity contribution >= 4 is 21.8 Å². The number of carboxylic acid groups (broad SMARTS) is 1. The number of fused-ring (bicyclic) bond motifs is 1. The van der Waals surface area contributed by atoms with Gasteiger partial charge in [0.15, 0.2) is 0 Å². The number of rotatable bonds is 4. The van der Waals surface area contributed by atoms with Crippen LogP contribution in [0.2, 0.25) is 0 Å². The van der Waals surface area contributed by atoms with Gasteiger partial charge in [-0.25, -0.2) is 13.4 Å². The first-order valence-electron chi connectivity index (χ1n) is 10.3. The van der Waals surface area contributed by atoms with Crippen LogP contribution in [0.5, 0.6) is 0 Å². The summed E-state index contributed by atoms with van der Waals surface area (Å²) in [6.07, 6.45) is 3.01. The highest BCUT2D eigenvalue weighted by molar-refractivity contribution is 7.89. The number of hydrogen-bond donors (Lipinski definition) is 1. The van der Waals surface area contributed by atoms with Crippen LogP contribution < -0.4 is 4.90 Å². The topological polar surface area (TPSA) is 90.8 Å². The van der Waals surface area contributed by atoms with Gasteiger partial charge < -0.3 is 10.0 Å². The molecule has 0 radical (unpaired) electrons. The zero-order valence-corrected chi connectivity index (χ0v) is 18.3. The number of aromatic nitrogens is 1. The van der Waals surface area contributed by atoms with Crippen LogP contribution in [0.25, 0.3) is 0 Å². The lowest BCUT2D eigenvalue weighted by Crippen LogP contribution is -2.59. The largest absolute Gasteiger partial charge is 0.481 e. The van der Waals surface area contributed by atoms with E-state index < -0.39 is 21.9 Å². The van der Waals surface area contributed by atoms with Gasteiger partial charge in [0, 0.05) is 31.4 Å². The van der Waals surface area contributed by atoms with Crippen molar-refractivity contribution in [3.8, 4) is 0 Å². The molecule has 1 N–H and O–H groups in total. The van der Waals surface area contributed by atoms with E-state index in [2.05, 4.69) is 9.88 Å². The van der Waals surface area contributed by atoms with E-state index in [0.717, 1.165) is 16.9 Å². The number of carbonyl (C=O) groups is 1. The fraction of sp³-hybridized carbons (Fsp3) is 0.455. The van der Waals surface area contributed by atoms with Crippen LogP contribution in [-0.4, -0.2) is 54.0 Å². The van der Waals surface area contributed by atoms with Gasteiger partial charge in [0.2, 0.25) is 10.0 Å². The quantitative estimate of drug-likeness (QED) is 0.804. The third kappa shape index (κ3) is 3.48. The number of carboxylic acids is 1. The molecule has 1 unspecified atom stereocenters. The summed E-state index contributed by atoms with van der Waals surface area (Å²) in [5.41, 5.74) is 2.64. The van der Waals surface area contributed by atoms with Gasteiger partial charge in [-0.1, -0.05) is 12.1 Å². The van der Waals surface area contributed by atoms with Gasteiger partial charge >= 0.3 is 5.97 Å². The summed E-state index contributed by atoms with van der Waals surface area (Å²) in [4.78, 5) is 18.4. The molecule has 0 saturated carbocycles. The molecule has 2 heterocycles. The number of sulfonamides is 1. The van der Waals surface area contributed by atoms with Crippen molar-refractivity contribution in [3.63, 3.8) is 0 Å². The standard InChI is InChI=1S/C22H27N3O4S/c1-14-4-9-21(23-13-14)24-10-11-25(16(3)15(24)2)30(28,29)18-7-5-17-6-8-19(22(26)27)20(17)12-18/h4-5,7,9,12-13,15-16,19H,6,8,10-11H2,1-3H3,(H,26,27)/t15-,16+,19?/m0/s1. The second-order valence-corrected chi connectivity index (χ2v) is 10.2. The molecule has 7 nitrogen and oxygen atoms in total. The third-order valence-electron chi connectivity index (χ3n) is 6.50. The lowest BCUT2D eigenvalue weighted by Gasteiger charge is -2.44. The van der Waals surface area contributed by atoms with Gasteiger partial charge in [0.25, 0.3) is 0 Å². The van der Waals surface area contributed by atoms with Crippen LogP contribution in [-0.2, 0) is 21.2 Å². The third-order valence-corrected chi connectivity index (χ3v) is 8.48. The minimum absolute atomic E-state index is 0.0510. The van der Waals surface area contributed by atoms with E-state index in [9.17, 15) is 18.3 Å². The van der Waals surface area contributed by atoms with Crippen LogP contribution >= 0.6 is 0 Å². The molecule has 4 rings (SSSR count). The summed E-state index contributed by atoms with van der Waals surface area (Å²) in [6, 6.07) is 8.62. The molecule has 1 saturated heterocycles. The normalized spacial score (nSPS) is 24.6. The number of benzene rings is 1. The maximum absolute atomic E-state index is 13.5. The van der Waals surface area contributed by atoms with Crippen molar-refractivity contribution in [3.05, 3.63) is 53.2 Å². The molecule has 160 valence electrons. The van der Waals surface area contributed by atoms with E-state index in [4.69, 9.17) is 0 Å². The monoisotopic (exact) mass is 429 g/mol. The van der Waals surface area contributed by atoms with Gasteiger partial charge in [0.1, 0.15) is 5.82 Å². The molecule has 1 aromatic carbocycles. The lowest BCUT2D eigenvalue weighted by molar-refractivity contribution is -0.138. The summed E-state index contributed by atoms with van der Waals surface area (Å²) < 4.78 is 28.4. The van der Waals surface area contributed by atoms with E-state index in [1.54, 1.807) is 18.2 Å². The maximum Gasteiger partial charge on any atom is 0.310 e. The fourth-order valence-electron chi connectivity index (χ4n) is 4.54. The Morgan fingerprint density at radius 3 is 2.57 bits per heavy atom. The first-order chi connectivity index (χ1) is 14.2. The van der Waals surface area contributed by atoms with E-state index in [1.165, 1.54) is 4.31 Å². The zero-order valence-electron chi connectivity index (χ0n) is 17.4. The zero-order chi connectivity index (χ0) is 21.6. The van der Waals surface area contributed by atoms with E-state index >= 15 is 0 Å². The Morgan fingerprint density at radius 2 is 1.90 bits per heavy atom. The lowest BCUT2D eigenvalue weighted by atomic mass is 10.0. The Balaban J connectivity index is 1.61. The molecule has 3 atom stereocenters. The molecule has 2 aliphatic rings. The average molecular weight is 430 g/mol. The molecule has 0 bridgehead atoms. The number of aliphatic carboxylic acids is 1. The molecule has 1 aliphatic carbocycles. The second kappa shape index (κ2) is 7.67. The molecule has 0 spiro atoms. The Hall–Kier alpha value is -2.45. The Morgan fingerprint density at radius 1 is 1.13 bits per heavy atom. The summed E-state index contributed by atoms with van der Waals surface area (Å²) in [5, 5.41) is 9.46. The van der Waals surface area contributed by atoms with E-state index in [1.807, 2.05) is 39.1 Å². The van der Waals surface area contributed by atoms with Gasteiger partial charge in [0.05, 0.1) is 10.8 Å². The predicted octanol–water partition coefficient (Wildman–Crippen LogP) is 2.79. The number of piperazine rings is 1. The minimum Gasteiger partial charge on any atom is -0.481 e. The average Bonchev–Trinajstić information content (AvgIpc) is 3.14. The predicted molar refractivity (Wildman–Crippen MR) is 114 cm³/mol. The molecule has 2 aromatic rings. The van der Waals surface area contributed by atoms with Crippen LogP contribution in [0.15, 0.2) is 41.4 Å². The first-order valence-corrected chi connectivity index (χ1v) is 11.7. The number of aryl methyl sites for hydroxylation is 2. The first kappa shape index (κ1) is 20.8. The van der Waals surface area contributed by atoms with Crippen molar-refractivity contribution < 1.29 is 18.3 Å². The molecule has 1 aliphatic heterocycles. The van der Waals surface area contributed by atoms with Gasteiger partial charge in [-0.2, -0.15) is 4.31 Å². The molecular formula is C22H27N3O4S. The van der Waals surface area contributed by atoms with Crippen LogP contribution in [0.1, 0.15) is 42.9 Å². The molecule has 30 heavy (non-hydrogen) atoms. The van der Waals surface area contributed by atoms with Gasteiger partial charge in [-0.05, 0) is 68.5 Å². The van der Waals surface area contributed by atoms with Crippen molar-refractivity contribution in [2.75, 3.05) is 18.0 Å². The number of nitrogens with zero attached hydrogens (tertiary/aromatic N) is 3. The Kier molecular flexibility index (Phi) is 5.32. The molecule has 1 fully saturated rings. The number of anilines is 1. The van der Waals surface area contributed by atoms with Crippen molar-refractivity contribution in [2.24, 2.45) is 0 Å². The summed E-state index contributed by atoms with van der Waals surface area (Å²) in [5.74, 6) is -0.681. The maximum atomic E-state index is 13.5. The highest BCUT2D eigenvalue weighted by atomic mass is 32.2. The number of hydrogen-bond acceptors (Lipinski definition) is 5. The smallest absolute Gasteiger partial charge is 0.310 e. The van der Waals surface area contributed by atoms with E-state index in [-0.39, 0.29) is 17.0 Å². The number of pyridine rings is 1. The summed E-state index contributed by atoms with van der Waals surface area (Å²) in [6.45, 7) is 6.80. The van der Waals surface area contributed by atoms with Crippen LogP contribution in [0.4, 0.5) is 5.82 Å². The summed E-state index contributed by atoms with van der Waals surface area (Å²) in [7, 11) is -3.73. The Bertz CT molecular complexity index is 1070. The SMILES string of the molecule is Cc1ccc(N2CCN(S(=O)(=O)c3ccc4c(c3)C(C(=O)O)CC4)[C@H](C)[C@@H]2C)nc1. The molecular weight excluding hydrogens is 402 g/mol. The van der Waals surface area contributed by atoms with E-state index in [0.29, 0.717) is 31.5 Å². The van der Waals surface area contributed by atoms with Crippen LogP contribution in [0, 0.1) is 6.92 Å². The second-order valence-electron chi connectivity index (χ2n) is 8.27. The van der Waals surface area contributed by atoms with Gasteiger partial charge in [-0.15, -0.1) is 0 Å². The van der Waals surface area contributed by atoms with Gasteiger partial charge in [-0.3, -0.25) is 4.79 Å². The molecule has 0 amide bonds. The Labute approximate surface area is 177 Å². The molecule has 1 aromatic heterocycles. The van der Waals surface area contributed by atoms with Crippen molar-refractivity contribution in [1.82, 2.24) is 9.29 Å². The summed E-state index contributed by atoms with van der Waals surface area (Å²) >= 11 is 0. The highest BCUT2D eigenvalue weighted by Gasteiger charge is 2.39. The van der Waals surface area contributed by atoms with Crippen molar-refractivity contribution in [1.29, 1.82) is 0 Å². The minimum atomic E-state index is -3.73. The highest BCUT2D eigenvalue weighted by Crippen LogP contribution is 2.36. The van der Waals surface area contributed by atoms with Crippen molar-refractivity contribution in [2.45, 2.75) is 56.5 Å². The fourth-order valence-corrected chi connectivity index (χ4v) is 6.26.